The first-order chi connectivity index (χ1) is 5.36. The number of nitriles is 1. The summed E-state index contributed by atoms with van der Waals surface area (Å²) in [5.41, 5.74) is 1.35. The summed E-state index contributed by atoms with van der Waals surface area (Å²) in [6, 6.07) is 8.90. The van der Waals surface area contributed by atoms with Crippen LogP contribution in [0.15, 0.2) is 24.3 Å². The van der Waals surface area contributed by atoms with Crippen LogP contribution in [-0.2, 0) is 0 Å². The largest absolute Gasteiger partial charge is 0.763 e. The molecule has 0 heterocycles. The van der Waals surface area contributed by atoms with E-state index in [2.05, 4.69) is 0 Å². The molecule has 0 spiro atoms. The molecule has 0 radical (unpaired) electrons. The molecule has 0 aliphatic heterocycles. The van der Waals surface area contributed by atoms with E-state index in [1.165, 1.54) is 6.08 Å². The van der Waals surface area contributed by atoms with Crippen LogP contribution in [0.4, 0.5) is 0 Å². The molecule has 1 aromatic carbocycles. The molecule has 1 aromatic rings. The van der Waals surface area contributed by atoms with Crippen LogP contribution in [0.25, 0.3) is 11.5 Å². The lowest BCUT2D eigenvalue weighted by Crippen LogP contribution is -1.75. The van der Waals surface area contributed by atoms with Gasteiger partial charge in [-0.25, -0.2) is 0 Å². The van der Waals surface area contributed by atoms with Crippen molar-refractivity contribution in [2.75, 3.05) is 0 Å². The van der Waals surface area contributed by atoms with Gasteiger partial charge in [0.05, 0.1) is 11.6 Å². The summed E-state index contributed by atoms with van der Waals surface area (Å²) in [7, 11) is 0. The second-order valence-corrected chi connectivity index (χ2v) is 2.01. The van der Waals surface area contributed by atoms with Crippen LogP contribution < -0.4 is 0 Å². The van der Waals surface area contributed by atoms with Gasteiger partial charge in [0.2, 0.25) is 0 Å². The number of nitrogens with zero attached hydrogens (tertiary/aromatic N) is 2. The van der Waals surface area contributed by atoms with Crippen molar-refractivity contribution in [3.8, 4) is 6.07 Å². The highest BCUT2D eigenvalue weighted by molar-refractivity contribution is 5.79. The first-order valence-electron chi connectivity index (χ1n) is 3.10. The molecule has 0 aliphatic rings. The Morgan fingerprint density at radius 1 is 1.45 bits per heavy atom. The molecule has 0 saturated carbocycles. The van der Waals surface area contributed by atoms with Crippen molar-refractivity contribution in [3.63, 3.8) is 0 Å². The molecule has 2 nitrogen and oxygen atoms in total. The van der Waals surface area contributed by atoms with E-state index in [-0.39, 0.29) is 0 Å². The third-order valence-electron chi connectivity index (χ3n) is 1.25. The molecule has 0 saturated heterocycles. The van der Waals surface area contributed by atoms with Gasteiger partial charge in [0, 0.05) is 0 Å². The van der Waals surface area contributed by atoms with Gasteiger partial charge in [-0.15, -0.1) is 0 Å². The van der Waals surface area contributed by atoms with Gasteiger partial charge in [0.15, 0.2) is 0 Å². The highest BCUT2D eigenvalue weighted by Crippen LogP contribution is 2.03. The van der Waals surface area contributed by atoms with Gasteiger partial charge < -0.3 is 5.41 Å². The fourth-order valence-corrected chi connectivity index (χ4v) is 0.773. The zero-order chi connectivity index (χ0) is 8.10. The van der Waals surface area contributed by atoms with Crippen molar-refractivity contribution < 1.29 is 0 Å². The number of hydrogen-bond donors (Lipinski definition) is 0. The smallest absolute Gasteiger partial charge is 0.0991 e. The Morgan fingerprint density at radius 3 is 2.91 bits per heavy atom. The van der Waals surface area contributed by atoms with E-state index in [1.807, 2.05) is 11.9 Å². The van der Waals surface area contributed by atoms with E-state index >= 15 is 0 Å². The van der Waals surface area contributed by atoms with E-state index in [0.29, 0.717) is 5.56 Å². The number of rotatable bonds is 1. The maximum Gasteiger partial charge on any atom is 0.0991 e. The summed E-state index contributed by atoms with van der Waals surface area (Å²) in [5, 5.41) is 16.8. The minimum Gasteiger partial charge on any atom is -0.763 e. The van der Waals surface area contributed by atoms with Crippen molar-refractivity contribution in [1.29, 1.82) is 5.26 Å². The Morgan fingerprint density at radius 2 is 2.27 bits per heavy atom. The van der Waals surface area contributed by atoms with Crippen LogP contribution in [0.3, 0.4) is 0 Å². The van der Waals surface area contributed by atoms with Crippen molar-refractivity contribution in [2.45, 2.75) is 0 Å². The van der Waals surface area contributed by atoms with Crippen molar-refractivity contribution in [3.05, 3.63) is 40.8 Å². The molecule has 52 valence electrons. The van der Waals surface area contributed by atoms with E-state index in [1.54, 1.807) is 24.3 Å². The SMILES string of the molecule is N#Cc1cccc(C=C=[N-])c1. The number of benzene rings is 1. The van der Waals surface area contributed by atoms with Gasteiger partial charge >= 0.3 is 0 Å². The zero-order valence-corrected chi connectivity index (χ0v) is 5.78. The Labute approximate surface area is 64.9 Å². The van der Waals surface area contributed by atoms with Crippen LogP contribution in [0.5, 0.6) is 0 Å². The Balaban J connectivity index is 3.12. The van der Waals surface area contributed by atoms with Crippen LogP contribution >= 0.6 is 0 Å². The monoisotopic (exact) mass is 141 g/mol. The Bertz CT molecular complexity index is 341. The molecule has 0 aliphatic carbocycles. The van der Waals surface area contributed by atoms with Crippen LogP contribution in [0, 0.1) is 11.3 Å². The molecule has 2 heteroatoms. The van der Waals surface area contributed by atoms with Crippen LogP contribution in [0.2, 0.25) is 0 Å². The highest BCUT2D eigenvalue weighted by atomic mass is 14.3. The summed E-state index contributed by atoms with van der Waals surface area (Å²) >= 11 is 0. The summed E-state index contributed by atoms with van der Waals surface area (Å²) in [5.74, 6) is 1.90. The normalized spacial score (nSPS) is 7.91. The van der Waals surface area contributed by atoms with Crippen molar-refractivity contribution >= 4 is 11.9 Å². The lowest BCUT2D eigenvalue weighted by molar-refractivity contribution is 1.48. The molecule has 0 amide bonds. The standard InChI is InChI=1S/C9H5N2/c10-5-4-8-2-1-3-9(6-8)7-11/h1-4,6H/q-1. The van der Waals surface area contributed by atoms with E-state index in [0.717, 1.165) is 5.56 Å². The second kappa shape index (κ2) is 3.36. The fourth-order valence-electron chi connectivity index (χ4n) is 0.773. The molecule has 0 bridgehead atoms. The molecular formula is C9H5N2-. The summed E-state index contributed by atoms with van der Waals surface area (Å²) < 4.78 is 0. The molecule has 0 unspecified atom stereocenters. The van der Waals surface area contributed by atoms with Gasteiger partial charge in [-0.2, -0.15) is 5.26 Å². The first kappa shape index (κ1) is 7.27. The second-order valence-electron chi connectivity index (χ2n) is 2.01. The van der Waals surface area contributed by atoms with Gasteiger partial charge in [-0.05, 0) is 23.8 Å². The Hall–Kier alpha value is -1.84. The topological polar surface area (TPSA) is 46.1 Å². The maximum atomic E-state index is 8.48. The highest BCUT2D eigenvalue weighted by Gasteiger charge is 1.88. The average molecular weight is 141 g/mol. The Kier molecular flexibility index (Phi) is 2.22. The van der Waals surface area contributed by atoms with E-state index in [9.17, 15) is 0 Å². The fraction of sp³-hybridized carbons (Fsp3) is 0. The summed E-state index contributed by atoms with van der Waals surface area (Å²) in [6.45, 7) is 0. The minimum atomic E-state index is 0.578. The molecule has 11 heavy (non-hydrogen) atoms. The summed E-state index contributed by atoms with van der Waals surface area (Å²) in [6.07, 6.45) is 1.40. The third kappa shape index (κ3) is 1.79. The van der Waals surface area contributed by atoms with Crippen LogP contribution in [-0.4, -0.2) is 5.87 Å². The molecule has 0 atom stereocenters. The molecule has 1 rings (SSSR count). The van der Waals surface area contributed by atoms with Crippen LogP contribution in [0.1, 0.15) is 11.1 Å². The van der Waals surface area contributed by atoms with Gasteiger partial charge in [-0.3, -0.25) is 5.87 Å². The van der Waals surface area contributed by atoms with Gasteiger partial charge in [0.1, 0.15) is 0 Å². The van der Waals surface area contributed by atoms with E-state index < -0.39 is 0 Å². The van der Waals surface area contributed by atoms with Crippen molar-refractivity contribution in [2.24, 2.45) is 0 Å². The molecule has 0 fully saturated rings. The van der Waals surface area contributed by atoms with Gasteiger partial charge in [0.25, 0.3) is 0 Å². The van der Waals surface area contributed by atoms with E-state index in [4.69, 9.17) is 10.7 Å². The quantitative estimate of drug-likeness (QED) is 0.550. The maximum absolute atomic E-state index is 8.48. The lowest BCUT2D eigenvalue weighted by Gasteiger charge is -1.91. The van der Waals surface area contributed by atoms with Gasteiger partial charge in [-0.1, -0.05) is 12.1 Å². The molecular weight excluding hydrogens is 136 g/mol. The molecule has 0 N–H and O–H groups in total. The summed E-state index contributed by atoms with van der Waals surface area (Å²) in [4.78, 5) is 0. The number of hydrogen-bond acceptors (Lipinski definition) is 1. The predicted octanol–water partition coefficient (Wildman–Crippen LogP) is 1.81. The average Bonchev–Trinajstić information content (AvgIpc) is 2.06. The zero-order valence-electron chi connectivity index (χ0n) is 5.78. The molecule has 0 aromatic heterocycles. The minimum absolute atomic E-state index is 0.578. The first-order valence-corrected chi connectivity index (χ1v) is 3.10. The third-order valence-corrected chi connectivity index (χ3v) is 1.25. The predicted molar refractivity (Wildman–Crippen MR) is 44.0 cm³/mol. The van der Waals surface area contributed by atoms with Crippen molar-refractivity contribution in [1.82, 2.24) is 0 Å². The lowest BCUT2D eigenvalue weighted by atomic mass is 10.1.